The molecule has 22 heavy (non-hydrogen) atoms. The van der Waals surface area contributed by atoms with E-state index in [4.69, 9.17) is 13.9 Å². The topological polar surface area (TPSA) is 74.7 Å². The number of hydrogen-bond acceptors (Lipinski definition) is 5. The molecular formula is C16H13NO5. The molecular weight excluding hydrogens is 286 g/mol. The molecule has 6 nitrogen and oxygen atoms in total. The molecule has 6 heteroatoms. The zero-order chi connectivity index (χ0) is 15.7. The van der Waals surface area contributed by atoms with Gasteiger partial charge in [0.05, 0.1) is 14.2 Å². The Hall–Kier alpha value is -3.02. The Labute approximate surface area is 126 Å². The van der Waals surface area contributed by atoms with Gasteiger partial charge in [-0.05, 0) is 11.6 Å². The van der Waals surface area contributed by atoms with Gasteiger partial charge in [0.2, 0.25) is 0 Å². The number of rotatable bonds is 4. The Balaban J connectivity index is 2.42. The summed E-state index contributed by atoms with van der Waals surface area (Å²) in [6.07, 6.45) is 0. The molecule has 112 valence electrons. The molecule has 0 aliphatic carbocycles. The number of benzene rings is 2. The number of nitrogens with zero attached hydrogens (tertiary/aromatic N) is 1. The molecule has 3 aromatic rings. The lowest BCUT2D eigenvalue weighted by Gasteiger charge is -2.05. The van der Waals surface area contributed by atoms with Crippen molar-refractivity contribution in [1.82, 2.24) is 0 Å². The first kappa shape index (κ1) is 13.9. The first-order chi connectivity index (χ1) is 10.7. The zero-order valence-corrected chi connectivity index (χ0v) is 12.0. The molecule has 0 amide bonds. The minimum absolute atomic E-state index is 0.312. The van der Waals surface area contributed by atoms with Crippen LogP contribution >= 0.6 is 0 Å². The van der Waals surface area contributed by atoms with Crippen LogP contribution in [0, 0.1) is 10.1 Å². The van der Waals surface area contributed by atoms with E-state index in [1.165, 1.54) is 14.2 Å². The lowest BCUT2D eigenvalue weighted by atomic mass is 10.0. The number of hydrogen-bond donors (Lipinski definition) is 0. The minimum atomic E-state index is -0.533. The predicted molar refractivity (Wildman–Crippen MR) is 81.4 cm³/mol. The van der Waals surface area contributed by atoms with Crippen molar-refractivity contribution in [3.8, 4) is 22.6 Å². The van der Waals surface area contributed by atoms with Crippen LogP contribution in [0.25, 0.3) is 22.1 Å². The molecule has 0 N–H and O–H groups in total. The zero-order valence-electron chi connectivity index (χ0n) is 12.0. The van der Waals surface area contributed by atoms with E-state index in [1.807, 2.05) is 18.2 Å². The third-order valence-corrected chi connectivity index (χ3v) is 3.39. The first-order valence-electron chi connectivity index (χ1n) is 6.54. The van der Waals surface area contributed by atoms with Crippen LogP contribution in [-0.2, 0) is 0 Å². The van der Waals surface area contributed by atoms with E-state index in [0.717, 1.165) is 0 Å². The summed E-state index contributed by atoms with van der Waals surface area (Å²) < 4.78 is 15.9. The van der Waals surface area contributed by atoms with Crippen molar-refractivity contribution in [2.45, 2.75) is 0 Å². The highest BCUT2D eigenvalue weighted by atomic mass is 16.6. The van der Waals surface area contributed by atoms with Gasteiger partial charge in [0.1, 0.15) is 16.2 Å². The fourth-order valence-corrected chi connectivity index (χ4v) is 2.41. The van der Waals surface area contributed by atoms with E-state index in [9.17, 15) is 10.1 Å². The van der Waals surface area contributed by atoms with Gasteiger partial charge >= 0.3 is 5.88 Å². The fourth-order valence-electron chi connectivity index (χ4n) is 2.41. The van der Waals surface area contributed by atoms with E-state index in [2.05, 4.69) is 0 Å². The van der Waals surface area contributed by atoms with Crippen molar-refractivity contribution in [1.29, 1.82) is 0 Å². The molecule has 0 unspecified atom stereocenters. The third kappa shape index (κ3) is 2.14. The summed E-state index contributed by atoms with van der Waals surface area (Å²) in [4.78, 5) is 10.8. The molecule has 0 radical (unpaired) electrons. The summed E-state index contributed by atoms with van der Waals surface area (Å²) in [6.45, 7) is 0. The Morgan fingerprint density at radius 1 is 1.09 bits per heavy atom. The molecule has 0 saturated heterocycles. The van der Waals surface area contributed by atoms with Gasteiger partial charge in [-0.2, -0.15) is 0 Å². The van der Waals surface area contributed by atoms with Gasteiger partial charge in [-0.25, -0.2) is 0 Å². The van der Waals surface area contributed by atoms with E-state index in [1.54, 1.807) is 24.3 Å². The van der Waals surface area contributed by atoms with Gasteiger partial charge in [0.25, 0.3) is 0 Å². The second kappa shape index (κ2) is 5.40. The second-order valence-corrected chi connectivity index (χ2v) is 4.61. The van der Waals surface area contributed by atoms with Gasteiger partial charge in [-0.15, -0.1) is 0 Å². The van der Waals surface area contributed by atoms with Crippen LogP contribution in [0.2, 0.25) is 0 Å². The average molecular weight is 299 g/mol. The van der Waals surface area contributed by atoms with Crippen LogP contribution in [-0.4, -0.2) is 19.1 Å². The number of nitro groups is 1. The van der Waals surface area contributed by atoms with Gasteiger partial charge < -0.3 is 13.9 Å². The lowest BCUT2D eigenvalue weighted by molar-refractivity contribution is -0.400. The Bertz CT molecular complexity index is 839. The monoisotopic (exact) mass is 299 g/mol. The van der Waals surface area contributed by atoms with Gasteiger partial charge in [-0.1, -0.05) is 30.3 Å². The molecule has 0 aliphatic rings. The maximum Gasteiger partial charge on any atom is 0.442 e. The van der Waals surface area contributed by atoms with E-state index < -0.39 is 4.92 Å². The first-order valence-corrected chi connectivity index (χ1v) is 6.54. The van der Waals surface area contributed by atoms with Crippen molar-refractivity contribution < 1.29 is 18.8 Å². The number of furan rings is 1. The quantitative estimate of drug-likeness (QED) is 0.537. The highest BCUT2D eigenvalue weighted by Gasteiger charge is 2.27. The normalized spacial score (nSPS) is 10.6. The summed E-state index contributed by atoms with van der Waals surface area (Å²) in [7, 11) is 3.00. The number of fused-ring (bicyclic) bond motifs is 1. The highest BCUT2D eigenvalue weighted by Crippen LogP contribution is 2.44. The standard InChI is InChI=1S/C16H13NO5/c1-20-11-8-12-14(10-6-4-3-5-7-10)16(17(18)19)22-15(12)13(9-11)21-2/h3-9H,1-2H3. The maximum absolute atomic E-state index is 11.4. The molecule has 0 atom stereocenters. The van der Waals surface area contributed by atoms with Crippen LogP contribution in [0.1, 0.15) is 0 Å². The van der Waals surface area contributed by atoms with Crippen LogP contribution in [0.15, 0.2) is 46.9 Å². The molecule has 0 fully saturated rings. The second-order valence-electron chi connectivity index (χ2n) is 4.61. The van der Waals surface area contributed by atoms with Crippen LogP contribution in [0.3, 0.4) is 0 Å². The maximum atomic E-state index is 11.4. The predicted octanol–water partition coefficient (Wildman–Crippen LogP) is 4.03. The molecule has 0 spiro atoms. The van der Waals surface area contributed by atoms with Crippen LogP contribution in [0.5, 0.6) is 11.5 Å². The Morgan fingerprint density at radius 2 is 1.82 bits per heavy atom. The average Bonchev–Trinajstić information content (AvgIpc) is 2.94. The summed E-state index contributed by atoms with van der Waals surface area (Å²) in [5, 5.41) is 11.9. The Morgan fingerprint density at radius 3 is 2.41 bits per heavy atom. The minimum Gasteiger partial charge on any atom is -0.497 e. The molecule has 0 bridgehead atoms. The van der Waals surface area contributed by atoms with Crippen molar-refractivity contribution >= 4 is 16.9 Å². The van der Waals surface area contributed by atoms with Crippen molar-refractivity contribution in [3.05, 3.63) is 52.6 Å². The summed E-state index contributed by atoms with van der Waals surface area (Å²) >= 11 is 0. The van der Waals surface area contributed by atoms with Crippen molar-refractivity contribution in [2.75, 3.05) is 14.2 Å². The molecule has 3 rings (SSSR count). The Kier molecular flexibility index (Phi) is 3.42. The molecule has 0 aliphatic heterocycles. The molecule has 2 aromatic carbocycles. The van der Waals surface area contributed by atoms with Crippen LogP contribution in [0.4, 0.5) is 5.88 Å². The van der Waals surface area contributed by atoms with Gasteiger partial charge in [0.15, 0.2) is 11.3 Å². The fraction of sp³-hybridized carbons (Fsp3) is 0.125. The number of ether oxygens (including phenoxy) is 2. The summed E-state index contributed by atoms with van der Waals surface area (Å²) in [5.41, 5.74) is 1.44. The molecule has 1 aromatic heterocycles. The molecule has 0 saturated carbocycles. The lowest BCUT2D eigenvalue weighted by Crippen LogP contribution is -1.88. The number of methoxy groups -OCH3 is 2. The van der Waals surface area contributed by atoms with E-state index >= 15 is 0 Å². The van der Waals surface area contributed by atoms with Gasteiger partial charge in [-0.3, -0.25) is 10.1 Å². The van der Waals surface area contributed by atoms with E-state index in [0.29, 0.717) is 33.6 Å². The van der Waals surface area contributed by atoms with E-state index in [-0.39, 0.29) is 5.88 Å². The summed E-state index contributed by atoms with van der Waals surface area (Å²) in [5.74, 6) is 0.615. The van der Waals surface area contributed by atoms with Crippen LogP contribution < -0.4 is 9.47 Å². The van der Waals surface area contributed by atoms with Crippen molar-refractivity contribution in [2.24, 2.45) is 0 Å². The SMILES string of the molecule is COc1cc(OC)c2oc([N+](=O)[O-])c(-c3ccccc3)c2c1. The van der Waals surface area contributed by atoms with Gasteiger partial charge in [0, 0.05) is 11.5 Å². The smallest absolute Gasteiger partial charge is 0.442 e. The highest BCUT2D eigenvalue weighted by molar-refractivity contribution is 6.01. The van der Waals surface area contributed by atoms with Crippen molar-refractivity contribution in [3.63, 3.8) is 0 Å². The third-order valence-electron chi connectivity index (χ3n) is 3.39. The summed E-state index contributed by atoms with van der Waals surface area (Å²) in [6, 6.07) is 12.4. The molecule has 1 heterocycles. The largest absolute Gasteiger partial charge is 0.497 e.